The first-order chi connectivity index (χ1) is 15.0. The second-order valence-corrected chi connectivity index (χ2v) is 9.58. The van der Waals surface area contributed by atoms with Gasteiger partial charge in [0.15, 0.2) is 0 Å². The average molecular weight is 449 g/mol. The van der Waals surface area contributed by atoms with Gasteiger partial charge in [-0.15, -0.1) is 0 Å². The summed E-state index contributed by atoms with van der Waals surface area (Å²) in [6.07, 6.45) is -0.598. The molecule has 1 aliphatic heterocycles. The van der Waals surface area contributed by atoms with E-state index in [0.29, 0.717) is 13.0 Å². The average Bonchev–Trinajstić information content (AvgIpc) is 2.74. The highest BCUT2D eigenvalue weighted by molar-refractivity contribution is 5.75. The van der Waals surface area contributed by atoms with Crippen LogP contribution in [0.2, 0.25) is 0 Å². The third kappa shape index (κ3) is 7.73. The summed E-state index contributed by atoms with van der Waals surface area (Å²) in [4.78, 5) is 41.3. The second-order valence-electron chi connectivity index (χ2n) is 9.58. The number of hydrogen-bond donors (Lipinski definition) is 0. The Morgan fingerprint density at radius 2 is 1.78 bits per heavy atom. The lowest BCUT2D eigenvalue weighted by Crippen LogP contribution is -2.56. The minimum atomic E-state index is -0.670. The van der Waals surface area contributed by atoms with E-state index in [1.165, 1.54) is 12.0 Å². The van der Waals surface area contributed by atoms with E-state index in [-0.39, 0.29) is 25.6 Å². The number of carbonyl (C=O) groups excluding carboxylic acids is 3. The van der Waals surface area contributed by atoms with Crippen LogP contribution in [0.3, 0.4) is 0 Å². The molecule has 0 bridgehead atoms. The van der Waals surface area contributed by atoms with Gasteiger partial charge in [-0.3, -0.25) is 4.79 Å². The van der Waals surface area contributed by atoms with Gasteiger partial charge in [0.2, 0.25) is 0 Å². The van der Waals surface area contributed by atoms with Gasteiger partial charge in [-0.1, -0.05) is 44.2 Å². The molecule has 0 N–H and O–H groups in total. The van der Waals surface area contributed by atoms with Crippen LogP contribution in [0.1, 0.15) is 46.6 Å². The first-order valence-corrected chi connectivity index (χ1v) is 11.0. The largest absolute Gasteiger partial charge is 0.469 e. The monoisotopic (exact) mass is 448 g/mol. The van der Waals surface area contributed by atoms with Crippen molar-refractivity contribution >= 4 is 18.2 Å². The van der Waals surface area contributed by atoms with Crippen molar-refractivity contribution in [1.29, 1.82) is 0 Å². The lowest BCUT2D eigenvalue weighted by Gasteiger charge is -2.42. The summed E-state index contributed by atoms with van der Waals surface area (Å²) >= 11 is 0. The minimum Gasteiger partial charge on any atom is -0.469 e. The molecule has 1 heterocycles. The van der Waals surface area contributed by atoms with Crippen molar-refractivity contribution in [2.24, 2.45) is 11.8 Å². The molecule has 1 fully saturated rings. The smallest absolute Gasteiger partial charge is 0.410 e. The molecule has 1 aromatic carbocycles. The van der Waals surface area contributed by atoms with Crippen LogP contribution in [0.25, 0.3) is 0 Å². The Hall–Kier alpha value is -2.77. The van der Waals surface area contributed by atoms with E-state index >= 15 is 0 Å². The number of hydrogen-bond acceptors (Lipinski definition) is 6. The highest BCUT2D eigenvalue weighted by Crippen LogP contribution is 2.25. The Bertz CT molecular complexity index is 774. The van der Waals surface area contributed by atoms with E-state index in [1.807, 2.05) is 44.2 Å². The molecule has 0 radical (unpaired) electrons. The van der Waals surface area contributed by atoms with Gasteiger partial charge >= 0.3 is 18.2 Å². The number of amides is 2. The summed E-state index contributed by atoms with van der Waals surface area (Å²) in [6, 6.07) is 9.05. The summed E-state index contributed by atoms with van der Waals surface area (Å²) < 4.78 is 16.0. The van der Waals surface area contributed by atoms with Gasteiger partial charge < -0.3 is 24.0 Å². The normalized spacial score (nSPS) is 18.8. The molecule has 8 heteroatoms. The number of likely N-dealkylation sites (tertiary alicyclic amines) is 1. The van der Waals surface area contributed by atoms with E-state index in [0.717, 1.165) is 5.56 Å². The van der Waals surface area contributed by atoms with Crippen molar-refractivity contribution < 1.29 is 28.6 Å². The predicted octanol–water partition coefficient (Wildman–Crippen LogP) is 4.08. The van der Waals surface area contributed by atoms with E-state index in [1.54, 1.807) is 25.7 Å². The van der Waals surface area contributed by atoms with Crippen LogP contribution < -0.4 is 0 Å². The van der Waals surface area contributed by atoms with Crippen LogP contribution in [-0.2, 0) is 25.6 Å². The third-order valence-electron chi connectivity index (χ3n) is 5.06. The molecule has 178 valence electrons. The topological polar surface area (TPSA) is 85.4 Å². The molecule has 32 heavy (non-hydrogen) atoms. The van der Waals surface area contributed by atoms with Crippen molar-refractivity contribution in [2.45, 2.75) is 59.3 Å². The van der Waals surface area contributed by atoms with Gasteiger partial charge in [0, 0.05) is 19.6 Å². The number of ether oxygens (including phenoxy) is 3. The van der Waals surface area contributed by atoms with Crippen LogP contribution in [0.4, 0.5) is 9.59 Å². The molecule has 0 aromatic heterocycles. The number of methoxy groups -OCH3 is 1. The molecule has 0 unspecified atom stereocenters. The number of piperidine rings is 1. The molecule has 2 rings (SSSR count). The number of rotatable bonds is 6. The maximum atomic E-state index is 13.1. The van der Waals surface area contributed by atoms with Crippen LogP contribution in [0.5, 0.6) is 0 Å². The fraction of sp³-hybridized carbons (Fsp3) is 0.625. The quantitative estimate of drug-likeness (QED) is 0.482. The highest BCUT2D eigenvalue weighted by atomic mass is 16.6. The maximum absolute atomic E-state index is 13.1. The lowest BCUT2D eigenvalue weighted by molar-refractivity contribution is -0.148. The number of nitrogens with zero attached hydrogens (tertiary/aromatic N) is 2. The molecule has 2 amide bonds. The fourth-order valence-electron chi connectivity index (χ4n) is 3.68. The molecule has 1 saturated heterocycles. The summed E-state index contributed by atoms with van der Waals surface area (Å²) in [6.45, 7) is 10.4. The summed E-state index contributed by atoms with van der Waals surface area (Å²) in [7, 11) is 1.32. The highest BCUT2D eigenvalue weighted by Gasteiger charge is 2.40. The van der Waals surface area contributed by atoms with Gasteiger partial charge in [-0.2, -0.15) is 0 Å². The molecule has 8 nitrogen and oxygen atoms in total. The Kier molecular flexibility index (Phi) is 8.92. The zero-order chi connectivity index (χ0) is 23.9. The van der Waals surface area contributed by atoms with Gasteiger partial charge in [0.05, 0.1) is 19.1 Å². The number of benzene rings is 1. The Morgan fingerprint density at radius 1 is 1.12 bits per heavy atom. The molecular weight excluding hydrogens is 412 g/mol. The van der Waals surface area contributed by atoms with E-state index in [2.05, 4.69) is 0 Å². The Balaban J connectivity index is 2.21. The molecule has 1 aliphatic rings. The molecule has 1 aromatic rings. The SMILES string of the molecule is COC(=O)[C@@H]1C[C@H](N(CC(C)C)C(=O)OCc2ccccc2)CN(C(=O)OC(C)(C)C)C1. The Labute approximate surface area is 190 Å². The number of carbonyl (C=O) groups is 3. The first-order valence-electron chi connectivity index (χ1n) is 11.0. The van der Waals surface area contributed by atoms with Crippen molar-refractivity contribution in [3.63, 3.8) is 0 Å². The predicted molar refractivity (Wildman–Crippen MR) is 120 cm³/mol. The van der Waals surface area contributed by atoms with Crippen molar-refractivity contribution in [3.05, 3.63) is 35.9 Å². The van der Waals surface area contributed by atoms with Crippen LogP contribution in [0.15, 0.2) is 30.3 Å². The van der Waals surface area contributed by atoms with Gasteiger partial charge in [-0.25, -0.2) is 9.59 Å². The number of esters is 1. The van der Waals surface area contributed by atoms with Gasteiger partial charge in [0.1, 0.15) is 12.2 Å². The van der Waals surface area contributed by atoms with Crippen LogP contribution in [-0.4, -0.2) is 66.3 Å². The van der Waals surface area contributed by atoms with Gasteiger partial charge in [0.25, 0.3) is 0 Å². The van der Waals surface area contributed by atoms with E-state index in [9.17, 15) is 14.4 Å². The fourth-order valence-corrected chi connectivity index (χ4v) is 3.68. The zero-order valence-corrected chi connectivity index (χ0v) is 20.0. The molecule has 0 spiro atoms. The summed E-state index contributed by atoms with van der Waals surface area (Å²) in [5.41, 5.74) is 0.216. The van der Waals surface area contributed by atoms with Crippen molar-refractivity contribution in [2.75, 3.05) is 26.7 Å². The molecule has 0 saturated carbocycles. The van der Waals surface area contributed by atoms with E-state index < -0.39 is 35.7 Å². The standard InChI is InChI=1S/C24H36N2O6/c1-17(2)13-26(23(29)31-16-18-10-8-7-9-11-18)20-12-19(21(27)30-6)14-25(15-20)22(28)32-24(3,4)5/h7-11,17,19-20H,12-16H2,1-6H3/t19-,20+/m1/s1. The third-order valence-corrected chi connectivity index (χ3v) is 5.06. The second kappa shape index (κ2) is 11.2. The van der Waals surface area contributed by atoms with Crippen molar-refractivity contribution in [3.8, 4) is 0 Å². The van der Waals surface area contributed by atoms with Gasteiger partial charge in [-0.05, 0) is 38.7 Å². The molecule has 0 aliphatic carbocycles. The Morgan fingerprint density at radius 3 is 2.34 bits per heavy atom. The zero-order valence-electron chi connectivity index (χ0n) is 20.0. The summed E-state index contributed by atoms with van der Waals surface area (Å²) in [5, 5.41) is 0. The lowest BCUT2D eigenvalue weighted by atomic mass is 9.93. The summed E-state index contributed by atoms with van der Waals surface area (Å²) in [5.74, 6) is -0.791. The van der Waals surface area contributed by atoms with E-state index in [4.69, 9.17) is 14.2 Å². The molecule has 2 atom stereocenters. The van der Waals surface area contributed by atoms with Crippen LogP contribution >= 0.6 is 0 Å². The van der Waals surface area contributed by atoms with Crippen molar-refractivity contribution in [1.82, 2.24) is 9.80 Å². The maximum Gasteiger partial charge on any atom is 0.410 e. The van der Waals surface area contributed by atoms with Crippen LogP contribution in [0, 0.1) is 11.8 Å². The first kappa shape index (κ1) is 25.5. The molecular formula is C24H36N2O6. The minimum absolute atomic E-state index is 0.150.